The largest absolute Gasteiger partial charge is 0.466 e. The fourth-order valence-electron chi connectivity index (χ4n) is 2.39. The average molecular weight is 369 g/mol. The molecular weight excluding hydrogens is 351 g/mol. The minimum Gasteiger partial charge on any atom is -0.466 e. The van der Waals surface area contributed by atoms with Gasteiger partial charge in [0.2, 0.25) is 0 Å². The van der Waals surface area contributed by atoms with Crippen molar-refractivity contribution in [3.05, 3.63) is 52.3 Å². The van der Waals surface area contributed by atoms with Crippen LogP contribution in [0.5, 0.6) is 0 Å². The summed E-state index contributed by atoms with van der Waals surface area (Å²) in [5, 5.41) is 15.6. The molecule has 5 nitrogen and oxygen atoms in total. The summed E-state index contributed by atoms with van der Waals surface area (Å²) in [7, 11) is 3.06. The zero-order valence-corrected chi connectivity index (χ0v) is 15.1. The number of nitrogens with zero attached hydrogens (tertiary/aromatic N) is 2. The normalized spacial score (nSPS) is 13.4. The molecule has 24 heavy (non-hydrogen) atoms. The highest BCUT2D eigenvalue weighted by molar-refractivity contribution is 6.42. The summed E-state index contributed by atoms with van der Waals surface area (Å²) >= 11 is 12.2. The van der Waals surface area contributed by atoms with Crippen LogP contribution in [-0.2, 0) is 16.6 Å². The standard InChI is InChI=1S/C17H18Cl2N2O3/c1-9(10(2)17(23)24-4)16(22)13-6-15(19)14(18)5-12(13)11-7-20-21(3)8-11/h5-9,16,22H,2H2,1,3-4H3. The number of carbonyl (C=O) groups is 1. The number of benzene rings is 1. The lowest BCUT2D eigenvalue weighted by molar-refractivity contribution is -0.137. The van der Waals surface area contributed by atoms with Crippen molar-refractivity contribution in [3.8, 4) is 11.1 Å². The molecule has 2 atom stereocenters. The summed E-state index contributed by atoms with van der Waals surface area (Å²) in [6.07, 6.45) is 2.45. The number of esters is 1. The van der Waals surface area contributed by atoms with Crippen LogP contribution in [0.2, 0.25) is 10.0 Å². The molecule has 1 heterocycles. The number of halogens is 2. The molecule has 0 radical (unpaired) electrons. The summed E-state index contributed by atoms with van der Waals surface area (Å²) in [6, 6.07) is 3.27. The van der Waals surface area contributed by atoms with Gasteiger partial charge >= 0.3 is 5.97 Å². The smallest absolute Gasteiger partial charge is 0.333 e. The van der Waals surface area contributed by atoms with Crippen molar-refractivity contribution in [2.75, 3.05) is 7.11 Å². The molecule has 0 amide bonds. The molecule has 1 aromatic carbocycles. The molecule has 2 rings (SSSR count). The fraction of sp³-hybridized carbons (Fsp3) is 0.294. The van der Waals surface area contributed by atoms with Crippen molar-refractivity contribution >= 4 is 29.2 Å². The Hall–Kier alpha value is -1.82. The lowest BCUT2D eigenvalue weighted by Crippen LogP contribution is -2.18. The van der Waals surface area contributed by atoms with E-state index in [1.165, 1.54) is 7.11 Å². The number of carbonyl (C=O) groups excluding carboxylic acids is 1. The van der Waals surface area contributed by atoms with Crippen molar-refractivity contribution in [2.45, 2.75) is 13.0 Å². The van der Waals surface area contributed by atoms with E-state index in [9.17, 15) is 9.90 Å². The van der Waals surface area contributed by atoms with Gasteiger partial charge in [-0.15, -0.1) is 0 Å². The van der Waals surface area contributed by atoms with Crippen LogP contribution in [-0.4, -0.2) is 28.0 Å². The Morgan fingerprint density at radius 3 is 2.54 bits per heavy atom. The molecule has 0 bridgehead atoms. The molecule has 0 aliphatic rings. The van der Waals surface area contributed by atoms with Gasteiger partial charge in [0.1, 0.15) is 0 Å². The SMILES string of the molecule is C=C(C(=O)OC)C(C)C(O)c1cc(Cl)c(Cl)cc1-c1cnn(C)c1. The Bertz CT molecular complexity index is 786. The van der Waals surface area contributed by atoms with E-state index in [1.807, 2.05) is 0 Å². The highest BCUT2D eigenvalue weighted by atomic mass is 35.5. The van der Waals surface area contributed by atoms with E-state index < -0.39 is 18.0 Å². The molecule has 0 spiro atoms. The zero-order valence-electron chi connectivity index (χ0n) is 13.6. The lowest BCUT2D eigenvalue weighted by Gasteiger charge is -2.23. The second-order valence-electron chi connectivity index (χ2n) is 5.51. The van der Waals surface area contributed by atoms with Gasteiger partial charge in [-0.05, 0) is 23.3 Å². The number of aliphatic hydroxyl groups is 1. The van der Waals surface area contributed by atoms with Gasteiger partial charge in [-0.3, -0.25) is 4.68 Å². The Kier molecular flexibility index (Phi) is 5.70. The van der Waals surface area contributed by atoms with Gasteiger partial charge in [0.15, 0.2) is 0 Å². The predicted octanol–water partition coefficient (Wildman–Crippen LogP) is 3.79. The molecule has 2 unspecified atom stereocenters. The maximum atomic E-state index is 11.7. The van der Waals surface area contributed by atoms with Crippen LogP contribution in [0.25, 0.3) is 11.1 Å². The maximum absolute atomic E-state index is 11.7. The Morgan fingerprint density at radius 1 is 1.38 bits per heavy atom. The Labute approximate surface area is 150 Å². The van der Waals surface area contributed by atoms with E-state index in [-0.39, 0.29) is 5.57 Å². The molecule has 0 fully saturated rings. The summed E-state index contributed by atoms with van der Waals surface area (Å²) in [5.41, 5.74) is 2.18. The topological polar surface area (TPSA) is 64.3 Å². The van der Waals surface area contributed by atoms with Crippen LogP contribution in [0.4, 0.5) is 0 Å². The molecule has 0 saturated heterocycles. The molecule has 0 saturated carbocycles. The molecule has 0 aliphatic heterocycles. The first kappa shape index (κ1) is 18.5. The van der Waals surface area contributed by atoms with Crippen molar-refractivity contribution in [2.24, 2.45) is 13.0 Å². The number of aromatic nitrogens is 2. The van der Waals surface area contributed by atoms with Crippen LogP contribution in [0.15, 0.2) is 36.7 Å². The first-order valence-corrected chi connectivity index (χ1v) is 7.95. The summed E-state index contributed by atoms with van der Waals surface area (Å²) in [5.74, 6) is -1.13. The highest BCUT2D eigenvalue weighted by Gasteiger charge is 2.27. The van der Waals surface area contributed by atoms with Gasteiger partial charge in [0.05, 0.1) is 29.5 Å². The van der Waals surface area contributed by atoms with E-state index in [4.69, 9.17) is 23.2 Å². The Balaban J connectivity index is 2.50. The van der Waals surface area contributed by atoms with Crippen LogP contribution < -0.4 is 0 Å². The zero-order chi connectivity index (χ0) is 18.0. The number of aryl methyl sites for hydroxylation is 1. The number of rotatable bonds is 5. The van der Waals surface area contributed by atoms with E-state index >= 15 is 0 Å². The molecule has 0 aliphatic carbocycles. The van der Waals surface area contributed by atoms with E-state index in [0.29, 0.717) is 21.2 Å². The number of methoxy groups -OCH3 is 1. The van der Waals surface area contributed by atoms with Crippen molar-refractivity contribution in [1.82, 2.24) is 9.78 Å². The van der Waals surface area contributed by atoms with Gasteiger partial charge in [-0.1, -0.05) is 36.7 Å². The molecular formula is C17H18Cl2N2O3. The summed E-state index contributed by atoms with van der Waals surface area (Å²) in [4.78, 5) is 11.7. The third-order valence-corrected chi connectivity index (χ3v) is 4.62. The van der Waals surface area contributed by atoms with Gasteiger partial charge in [0.25, 0.3) is 0 Å². The number of aliphatic hydroxyl groups excluding tert-OH is 1. The van der Waals surface area contributed by atoms with Crippen molar-refractivity contribution < 1.29 is 14.6 Å². The minimum atomic E-state index is -1.01. The molecule has 1 N–H and O–H groups in total. The highest BCUT2D eigenvalue weighted by Crippen LogP contribution is 2.39. The van der Waals surface area contributed by atoms with Crippen LogP contribution in [0.1, 0.15) is 18.6 Å². The third kappa shape index (κ3) is 3.64. The van der Waals surface area contributed by atoms with Gasteiger partial charge in [-0.25, -0.2) is 4.79 Å². The molecule has 2 aromatic rings. The van der Waals surface area contributed by atoms with Crippen LogP contribution >= 0.6 is 23.2 Å². The molecule has 7 heteroatoms. The third-order valence-electron chi connectivity index (χ3n) is 3.90. The predicted molar refractivity (Wildman–Crippen MR) is 93.9 cm³/mol. The second-order valence-corrected chi connectivity index (χ2v) is 6.32. The maximum Gasteiger partial charge on any atom is 0.333 e. The van der Waals surface area contributed by atoms with E-state index in [1.54, 1.807) is 43.2 Å². The molecule has 1 aromatic heterocycles. The van der Waals surface area contributed by atoms with Gasteiger partial charge in [0, 0.05) is 30.3 Å². The number of ether oxygens (including phenoxy) is 1. The summed E-state index contributed by atoms with van der Waals surface area (Å²) < 4.78 is 6.31. The summed E-state index contributed by atoms with van der Waals surface area (Å²) in [6.45, 7) is 5.40. The minimum absolute atomic E-state index is 0.174. The first-order valence-electron chi connectivity index (χ1n) is 7.19. The quantitative estimate of drug-likeness (QED) is 0.643. The van der Waals surface area contributed by atoms with Crippen LogP contribution in [0, 0.1) is 5.92 Å². The van der Waals surface area contributed by atoms with E-state index in [2.05, 4.69) is 16.4 Å². The van der Waals surface area contributed by atoms with Gasteiger partial charge < -0.3 is 9.84 Å². The van der Waals surface area contributed by atoms with Crippen molar-refractivity contribution in [3.63, 3.8) is 0 Å². The lowest BCUT2D eigenvalue weighted by atomic mass is 9.87. The fourth-order valence-corrected chi connectivity index (χ4v) is 2.73. The second kappa shape index (κ2) is 7.38. The van der Waals surface area contributed by atoms with Crippen molar-refractivity contribution in [1.29, 1.82) is 0 Å². The van der Waals surface area contributed by atoms with Crippen LogP contribution in [0.3, 0.4) is 0 Å². The van der Waals surface area contributed by atoms with E-state index in [0.717, 1.165) is 5.56 Å². The first-order chi connectivity index (χ1) is 11.3. The molecule has 128 valence electrons. The number of hydrogen-bond acceptors (Lipinski definition) is 4. The number of hydrogen-bond donors (Lipinski definition) is 1. The average Bonchev–Trinajstić information content (AvgIpc) is 3.00. The Morgan fingerprint density at radius 2 is 2.00 bits per heavy atom. The monoisotopic (exact) mass is 368 g/mol. The van der Waals surface area contributed by atoms with Gasteiger partial charge in [-0.2, -0.15) is 5.10 Å².